The molecule has 2 unspecified atom stereocenters. The van der Waals surface area contributed by atoms with E-state index >= 15 is 0 Å². The van der Waals surface area contributed by atoms with E-state index in [9.17, 15) is 27.2 Å². The number of pyridine rings is 1. The van der Waals surface area contributed by atoms with Crippen molar-refractivity contribution in [1.82, 2.24) is 39.4 Å². The van der Waals surface area contributed by atoms with Gasteiger partial charge in [-0.3, -0.25) is 9.36 Å². The Morgan fingerprint density at radius 2 is 1.82 bits per heavy atom. The van der Waals surface area contributed by atoms with Crippen LogP contribution in [0, 0.1) is 0 Å². The first kappa shape index (κ1) is 27.3. The first-order valence-electron chi connectivity index (χ1n) is 10.9. The lowest BCUT2D eigenvalue weighted by atomic mass is 10.2. The zero-order valence-corrected chi connectivity index (χ0v) is 20.9. The van der Waals surface area contributed by atoms with Gasteiger partial charge in [0.15, 0.2) is 23.6 Å². The maximum Gasteiger partial charge on any atom is 0.410 e. The number of amides is 1. The molecular weight excluding hydrogens is 555 g/mol. The predicted octanol–water partition coefficient (Wildman–Crippen LogP) is 3.45. The second-order valence-corrected chi connectivity index (χ2v) is 8.86. The second kappa shape index (κ2) is 10.9. The van der Waals surface area contributed by atoms with Crippen LogP contribution in [0.15, 0.2) is 53.7 Å². The zero-order valence-electron chi connectivity index (χ0n) is 19.4. The van der Waals surface area contributed by atoms with E-state index in [1.807, 2.05) is 0 Å². The van der Waals surface area contributed by atoms with Crippen molar-refractivity contribution < 1.29 is 22.4 Å². The number of nitrogens with one attached hydrogen (secondary N) is 1. The van der Waals surface area contributed by atoms with Gasteiger partial charge in [0.25, 0.3) is 5.91 Å². The molecule has 10 nitrogen and oxygen atoms in total. The highest BCUT2D eigenvalue weighted by atomic mass is 35.5. The minimum atomic E-state index is -4.99. The van der Waals surface area contributed by atoms with Gasteiger partial charge in [0.2, 0.25) is 0 Å². The normalized spacial score (nSPS) is 13.3. The summed E-state index contributed by atoms with van der Waals surface area (Å²) in [5, 5.41) is 10.6. The minimum absolute atomic E-state index is 0.0908. The molecular formula is C22H18Cl2F4N8O2. The molecule has 0 radical (unpaired) electrons. The van der Waals surface area contributed by atoms with E-state index in [1.165, 1.54) is 41.5 Å². The molecule has 2 atom stereocenters. The van der Waals surface area contributed by atoms with Crippen LogP contribution in [0.1, 0.15) is 12.7 Å². The van der Waals surface area contributed by atoms with Gasteiger partial charge in [-0.05, 0) is 43.3 Å². The van der Waals surface area contributed by atoms with Gasteiger partial charge in [0.1, 0.15) is 18.9 Å². The molecule has 4 aromatic rings. The summed E-state index contributed by atoms with van der Waals surface area (Å²) in [6, 6.07) is 6.51. The van der Waals surface area contributed by atoms with Gasteiger partial charge in [0, 0.05) is 16.8 Å². The monoisotopic (exact) mass is 572 g/mol. The first-order chi connectivity index (χ1) is 17.9. The number of carbonyl (C=O) groups excluding carboxylic acids is 1. The lowest BCUT2D eigenvalue weighted by Crippen LogP contribution is -2.51. The van der Waals surface area contributed by atoms with Crippen LogP contribution in [0.4, 0.5) is 17.6 Å². The predicted molar refractivity (Wildman–Crippen MR) is 129 cm³/mol. The summed E-state index contributed by atoms with van der Waals surface area (Å²) in [6.07, 6.45) is -4.39. The number of carbonyl (C=O) groups is 1. The quantitative estimate of drug-likeness (QED) is 0.324. The zero-order chi connectivity index (χ0) is 27.6. The Labute approximate surface area is 221 Å². The lowest BCUT2D eigenvalue weighted by molar-refractivity contribution is -0.165. The number of rotatable bonds is 8. The number of halogens is 6. The molecule has 1 amide bonds. The molecule has 0 saturated heterocycles. The molecule has 0 saturated carbocycles. The van der Waals surface area contributed by atoms with Gasteiger partial charge in [-0.1, -0.05) is 23.2 Å². The van der Waals surface area contributed by atoms with Crippen molar-refractivity contribution in [1.29, 1.82) is 0 Å². The summed E-state index contributed by atoms with van der Waals surface area (Å²) in [7, 11) is 0. The molecule has 1 N–H and O–H groups in total. The fraction of sp³-hybridized carbons (Fsp3) is 0.273. The summed E-state index contributed by atoms with van der Waals surface area (Å²) in [6.45, 7) is -0.574. The molecule has 0 bridgehead atoms. The Kier molecular flexibility index (Phi) is 7.83. The van der Waals surface area contributed by atoms with Gasteiger partial charge in [-0.15, -0.1) is 10.2 Å². The third kappa shape index (κ3) is 6.02. The Morgan fingerprint density at radius 3 is 2.45 bits per heavy atom. The number of hydrogen-bond acceptors (Lipinski definition) is 6. The van der Waals surface area contributed by atoms with Crippen molar-refractivity contribution in [3.8, 4) is 17.2 Å². The maximum atomic E-state index is 13.8. The van der Waals surface area contributed by atoms with Gasteiger partial charge in [-0.2, -0.15) is 13.2 Å². The molecule has 1 aromatic carbocycles. The molecule has 0 spiro atoms. The fourth-order valence-corrected chi connectivity index (χ4v) is 3.71. The van der Waals surface area contributed by atoms with Crippen molar-refractivity contribution in [2.75, 3.05) is 0 Å². The smallest absolute Gasteiger partial charge is 0.340 e. The van der Waals surface area contributed by atoms with E-state index in [-0.39, 0.29) is 29.6 Å². The number of alkyl halides is 4. The van der Waals surface area contributed by atoms with Crippen LogP contribution in [-0.4, -0.2) is 58.4 Å². The Hall–Kier alpha value is -3.78. The third-order valence-corrected chi connectivity index (χ3v) is 5.80. The molecule has 0 fully saturated rings. The van der Waals surface area contributed by atoms with Gasteiger partial charge in [-0.25, -0.2) is 28.5 Å². The number of benzene rings is 1. The summed E-state index contributed by atoms with van der Waals surface area (Å²) in [4.78, 5) is 33.2. The van der Waals surface area contributed by atoms with Gasteiger partial charge < -0.3 is 5.32 Å². The van der Waals surface area contributed by atoms with E-state index in [1.54, 1.807) is 17.4 Å². The van der Waals surface area contributed by atoms with Crippen LogP contribution in [0.5, 0.6) is 0 Å². The topological polar surface area (TPSA) is 113 Å². The Balaban J connectivity index is 1.72. The number of nitrogens with zero attached hydrogens (tertiary/aromatic N) is 7. The molecule has 16 heteroatoms. The summed E-state index contributed by atoms with van der Waals surface area (Å²) in [5.41, 5.74) is -0.672. The molecule has 3 aromatic heterocycles. The summed E-state index contributed by atoms with van der Waals surface area (Å²) < 4.78 is 57.5. The highest BCUT2D eigenvalue weighted by molar-refractivity contribution is 6.32. The molecule has 3 heterocycles. The van der Waals surface area contributed by atoms with Gasteiger partial charge in [0.05, 0.1) is 11.6 Å². The Bertz CT molecular complexity index is 1500. The lowest BCUT2D eigenvalue weighted by Gasteiger charge is -2.22. The average Bonchev–Trinajstić information content (AvgIpc) is 3.44. The van der Waals surface area contributed by atoms with Crippen LogP contribution in [0.3, 0.4) is 0 Å². The number of hydrogen-bond donors (Lipinski definition) is 1. The maximum absolute atomic E-state index is 13.8. The second-order valence-electron chi connectivity index (χ2n) is 8.01. The molecule has 200 valence electrons. The minimum Gasteiger partial charge on any atom is -0.340 e. The molecule has 38 heavy (non-hydrogen) atoms. The average molecular weight is 573 g/mol. The van der Waals surface area contributed by atoms with Crippen molar-refractivity contribution in [2.45, 2.75) is 38.4 Å². The largest absolute Gasteiger partial charge is 0.410 e. The van der Waals surface area contributed by atoms with Crippen LogP contribution in [0.2, 0.25) is 10.0 Å². The SMILES string of the molecule is CC(F)C(=O)NC(Cn1c(-c2ccc(Cl)cc2)nn(Cc2ncn(-c3ncccc3Cl)n2)c1=O)C(F)(F)F. The molecule has 0 aliphatic carbocycles. The number of aromatic nitrogens is 7. The van der Waals surface area contributed by atoms with E-state index in [4.69, 9.17) is 23.2 Å². The standard InChI is InChI=1S/C22H18Cl2F4N8O2/c1-12(25)20(37)31-16(22(26,27)28)9-34-18(13-4-6-14(23)7-5-13)33-35(21(34)38)10-17-30-11-36(32-17)19-15(24)3-2-8-29-19/h2-8,11-12,16H,9-10H2,1H3,(H,31,37). The van der Waals surface area contributed by atoms with E-state index in [0.29, 0.717) is 10.0 Å². The first-order valence-corrected chi connectivity index (χ1v) is 11.7. The van der Waals surface area contributed by atoms with Crippen molar-refractivity contribution in [3.05, 3.63) is 75.3 Å². The highest BCUT2D eigenvalue weighted by Crippen LogP contribution is 2.25. The van der Waals surface area contributed by atoms with Crippen LogP contribution >= 0.6 is 23.2 Å². The van der Waals surface area contributed by atoms with E-state index < -0.39 is 36.5 Å². The summed E-state index contributed by atoms with van der Waals surface area (Å²) in [5.74, 6) is -1.24. The fourth-order valence-electron chi connectivity index (χ4n) is 3.37. The van der Waals surface area contributed by atoms with Crippen molar-refractivity contribution in [2.24, 2.45) is 0 Å². The molecule has 0 aliphatic rings. The molecule has 4 rings (SSSR count). The van der Waals surface area contributed by atoms with Gasteiger partial charge >= 0.3 is 11.9 Å². The highest BCUT2D eigenvalue weighted by Gasteiger charge is 2.42. The van der Waals surface area contributed by atoms with E-state index in [2.05, 4.69) is 20.2 Å². The summed E-state index contributed by atoms with van der Waals surface area (Å²) >= 11 is 12.0. The van der Waals surface area contributed by atoms with Crippen LogP contribution in [-0.2, 0) is 17.9 Å². The van der Waals surface area contributed by atoms with E-state index in [0.717, 1.165) is 16.2 Å². The molecule has 0 aliphatic heterocycles. The van der Waals surface area contributed by atoms with Crippen LogP contribution < -0.4 is 11.0 Å². The van der Waals surface area contributed by atoms with Crippen LogP contribution in [0.25, 0.3) is 17.2 Å². The van der Waals surface area contributed by atoms with Crippen molar-refractivity contribution >= 4 is 29.1 Å². The van der Waals surface area contributed by atoms with Crippen molar-refractivity contribution in [3.63, 3.8) is 0 Å². The Morgan fingerprint density at radius 1 is 1.11 bits per heavy atom. The third-order valence-electron chi connectivity index (χ3n) is 5.25.